The van der Waals surface area contributed by atoms with Gasteiger partial charge in [0.25, 0.3) is 0 Å². The minimum Gasteiger partial charge on any atom is -0.490 e. The number of hydrogen-bond donors (Lipinski definition) is 2. The number of nitrogens with zero attached hydrogens (tertiary/aromatic N) is 1. The molecular weight excluding hydrogens is 570 g/mol. The van der Waals surface area contributed by atoms with Crippen LogP contribution in [0.15, 0.2) is 91.0 Å². The molecule has 0 saturated carbocycles. The van der Waals surface area contributed by atoms with Gasteiger partial charge in [-0.3, -0.25) is 9.69 Å². The lowest BCUT2D eigenvalue weighted by Gasteiger charge is -2.41. The molecule has 3 aromatic rings. The van der Waals surface area contributed by atoms with E-state index < -0.39 is 35.5 Å². The summed E-state index contributed by atoms with van der Waals surface area (Å²) in [7, 11) is 0. The van der Waals surface area contributed by atoms with Gasteiger partial charge in [-0.1, -0.05) is 49.4 Å². The summed E-state index contributed by atoms with van der Waals surface area (Å²) in [5.74, 6) is -2.81. The van der Waals surface area contributed by atoms with Crippen molar-refractivity contribution in [3.63, 3.8) is 0 Å². The van der Waals surface area contributed by atoms with E-state index in [0.717, 1.165) is 17.7 Å². The first-order valence-electron chi connectivity index (χ1n) is 13.5. The van der Waals surface area contributed by atoms with Crippen LogP contribution in [0.4, 0.5) is 17.6 Å². The van der Waals surface area contributed by atoms with E-state index in [1.807, 2.05) is 37.3 Å². The molecule has 0 amide bonds. The first-order chi connectivity index (χ1) is 20.4. The number of Topliss-reactive ketones (excluding diaryl/α,β-unsaturated/α-hetero) is 1. The lowest BCUT2D eigenvalue weighted by atomic mass is 9.86. The Balaban J connectivity index is 0.000000557. The Morgan fingerprint density at radius 1 is 0.953 bits per heavy atom. The van der Waals surface area contributed by atoms with Crippen molar-refractivity contribution in [2.45, 2.75) is 44.0 Å². The van der Waals surface area contributed by atoms with Crippen LogP contribution in [-0.4, -0.2) is 58.1 Å². The number of ketones is 1. The third kappa shape index (κ3) is 9.78. The van der Waals surface area contributed by atoms with Crippen molar-refractivity contribution in [1.82, 2.24) is 4.90 Å². The first kappa shape index (κ1) is 33.0. The van der Waals surface area contributed by atoms with Gasteiger partial charge in [0, 0.05) is 36.7 Å². The minimum absolute atomic E-state index is 0.0957. The molecule has 1 heterocycles. The standard InChI is InChI=1S/C28H27F4NO2.C4H4O4/c1-2-25(27(34)20-9-6-10-22(29)17-20)33-16-15-26(24(18-33)19-7-4-3-5-8-19)35-23-13-11-21(12-14-23)28(30,31)32;5-3(6)1-2-4(7)8/h3-14,17,24-26H,2,15-16,18H2,1H3;1-2H,(H,5,6)(H,7,8)/t24-,25?,26+;/m0./s1. The van der Waals surface area contributed by atoms with Gasteiger partial charge >= 0.3 is 18.1 Å². The van der Waals surface area contributed by atoms with E-state index in [4.69, 9.17) is 14.9 Å². The van der Waals surface area contributed by atoms with E-state index in [9.17, 15) is 31.9 Å². The molecule has 0 aromatic heterocycles. The second-order valence-electron chi connectivity index (χ2n) is 9.79. The summed E-state index contributed by atoms with van der Waals surface area (Å²) in [6, 6.07) is 19.8. The van der Waals surface area contributed by atoms with E-state index in [-0.39, 0.29) is 17.8 Å². The Labute approximate surface area is 246 Å². The highest BCUT2D eigenvalue weighted by molar-refractivity contribution is 6.00. The minimum atomic E-state index is -4.40. The van der Waals surface area contributed by atoms with E-state index in [0.29, 0.717) is 49.4 Å². The SMILES string of the molecule is CCC(C(=O)c1cccc(F)c1)N1CC[C@@H](Oc2ccc(C(F)(F)F)cc2)[C@H](c2ccccc2)C1.O=C(O)C=CC(=O)O. The number of carboxylic acids is 2. The number of carboxylic acid groups (broad SMARTS) is 2. The van der Waals surface area contributed by atoms with Gasteiger partial charge in [-0.15, -0.1) is 0 Å². The average molecular weight is 602 g/mol. The van der Waals surface area contributed by atoms with Gasteiger partial charge in [-0.2, -0.15) is 13.2 Å². The maximum absolute atomic E-state index is 13.7. The quantitative estimate of drug-likeness (QED) is 0.165. The maximum atomic E-state index is 13.7. The molecule has 1 saturated heterocycles. The van der Waals surface area contributed by atoms with E-state index >= 15 is 0 Å². The Hall–Kier alpha value is -4.51. The molecule has 11 heteroatoms. The zero-order valence-corrected chi connectivity index (χ0v) is 23.2. The fraction of sp³-hybridized carbons (Fsp3) is 0.281. The summed E-state index contributed by atoms with van der Waals surface area (Å²) in [5.41, 5.74) is 0.652. The number of halogens is 4. The number of alkyl halides is 3. The molecule has 3 atom stereocenters. The van der Waals surface area contributed by atoms with Crippen molar-refractivity contribution in [2.24, 2.45) is 0 Å². The van der Waals surface area contributed by atoms with Gasteiger partial charge in [0.1, 0.15) is 17.7 Å². The van der Waals surface area contributed by atoms with Crippen molar-refractivity contribution in [1.29, 1.82) is 0 Å². The molecule has 228 valence electrons. The van der Waals surface area contributed by atoms with Crippen molar-refractivity contribution < 1.29 is 46.9 Å². The van der Waals surface area contributed by atoms with Crippen LogP contribution >= 0.6 is 0 Å². The molecule has 43 heavy (non-hydrogen) atoms. The highest BCUT2D eigenvalue weighted by Crippen LogP contribution is 2.34. The predicted octanol–water partition coefficient (Wildman–Crippen LogP) is 6.45. The zero-order chi connectivity index (χ0) is 31.6. The number of carbonyl (C=O) groups excluding carboxylic acids is 1. The van der Waals surface area contributed by atoms with Crippen molar-refractivity contribution in [3.8, 4) is 5.75 Å². The van der Waals surface area contributed by atoms with Crippen LogP contribution in [0.3, 0.4) is 0 Å². The molecular formula is C32H31F4NO6. The molecule has 7 nitrogen and oxygen atoms in total. The second-order valence-corrected chi connectivity index (χ2v) is 9.79. The molecule has 1 fully saturated rings. The molecule has 0 bridgehead atoms. The molecule has 4 rings (SSSR count). The summed E-state index contributed by atoms with van der Waals surface area (Å²) < 4.78 is 58.7. The molecule has 0 radical (unpaired) electrons. The molecule has 3 aromatic carbocycles. The molecule has 0 aliphatic carbocycles. The van der Waals surface area contributed by atoms with E-state index in [2.05, 4.69) is 4.90 Å². The van der Waals surface area contributed by atoms with Crippen molar-refractivity contribution in [3.05, 3.63) is 114 Å². The zero-order valence-electron chi connectivity index (χ0n) is 23.2. The molecule has 0 spiro atoms. The fourth-order valence-corrected chi connectivity index (χ4v) is 4.88. The maximum Gasteiger partial charge on any atom is 0.416 e. The predicted molar refractivity (Wildman–Crippen MR) is 150 cm³/mol. The lowest BCUT2D eigenvalue weighted by Crippen LogP contribution is -2.50. The number of aliphatic carboxylic acids is 2. The molecule has 1 aliphatic heterocycles. The molecule has 1 aliphatic rings. The monoisotopic (exact) mass is 601 g/mol. The first-order valence-corrected chi connectivity index (χ1v) is 13.5. The Morgan fingerprint density at radius 3 is 2.12 bits per heavy atom. The number of carbonyl (C=O) groups is 3. The van der Waals surface area contributed by atoms with Crippen LogP contribution in [0.2, 0.25) is 0 Å². The largest absolute Gasteiger partial charge is 0.490 e. The van der Waals surface area contributed by atoms with Gasteiger partial charge < -0.3 is 14.9 Å². The fourth-order valence-electron chi connectivity index (χ4n) is 4.88. The summed E-state index contributed by atoms with van der Waals surface area (Å²) in [6.07, 6.45) is -2.40. The number of rotatable bonds is 9. The van der Waals surface area contributed by atoms with Gasteiger partial charge in [0.05, 0.1) is 11.6 Å². The van der Waals surface area contributed by atoms with Gasteiger partial charge in [-0.05, 0) is 54.8 Å². The number of piperidine rings is 1. The number of ether oxygens (including phenoxy) is 1. The Kier molecular flexibility index (Phi) is 11.6. The lowest BCUT2D eigenvalue weighted by molar-refractivity contribution is -0.137. The highest BCUT2D eigenvalue weighted by Gasteiger charge is 2.37. The van der Waals surface area contributed by atoms with Crippen LogP contribution in [0.5, 0.6) is 5.75 Å². The van der Waals surface area contributed by atoms with Crippen LogP contribution in [0.1, 0.15) is 47.2 Å². The van der Waals surface area contributed by atoms with Crippen LogP contribution < -0.4 is 4.74 Å². The highest BCUT2D eigenvalue weighted by atomic mass is 19.4. The summed E-state index contributed by atoms with van der Waals surface area (Å²) >= 11 is 0. The smallest absolute Gasteiger partial charge is 0.416 e. The van der Waals surface area contributed by atoms with Crippen LogP contribution in [0, 0.1) is 5.82 Å². The second kappa shape index (κ2) is 15.1. The van der Waals surface area contributed by atoms with E-state index in [1.54, 1.807) is 6.07 Å². The Bertz CT molecular complexity index is 1390. The van der Waals surface area contributed by atoms with E-state index in [1.165, 1.54) is 30.3 Å². The summed E-state index contributed by atoms with van der Waals surface area (Å²) in [6.45, 7) is 3.05. The number of likely N-dealkylation sites (tertiary alicyclic amines) is 1. The molecule has 1 unspecified atom stereocenters. The van der Waals surface area contributed by atoms with Crippen molar-refractivity contribution >= 4 is 17.7 Å². The topological polar surface area (TPSA) is 104 Å². The van der Waals surface area contributed by atoms with Crippen LogP contribution in [-0.2, 0) is 15.8 Å². The van der Waals surface area contributed by atoms with Gasteiger partial charge in [0.15, 0.2) is 5.78 Å². The number of hydrogen-bond acceptors (Lipinski definition) is 5. The van der Waals surface area contributed by atoms with Crippen molar-refractivity contribution in [2.75, 3.05) is 13.1 Å². The third-order valence-corrected chi connectivity index (χ3v) is 6.89. The number of benzene rings is 3. The van der Waals surface area contributed by atoms with Crippen LogP contribution in [0.25, 0.3) is 0 Å². The normalized spacial score (nSPS) is 17.9. The average Bonchev–Trinajstić information content (AvgIpc) is 2.97. The third-order valence-electron chi connectivity index (χ3n) is 6.89. The van der Waals surface area contributed by atoms with Gasteiger partial charge in [-0.25, -0.2) is 14.0 Å². The van der Waals surface area contributed by atoms with Gasteiger partial charge in [0.2, 0.25) is 0 Å². The summed E-state index contributed by atoms with van der Waals surface area (Å²) in [5, 5.41) is 15.6. The summed E-state index contributed by atoms with van der Waals surface area (Å²) in [4.78, 5) is 34.4. The Morgan fingerprint density at radius 2 is 1.58 bits per heavy atom. The molecule has 2 N–H and O–H groups in total.